The molecule has 24 heavy (non-hydrogen) atoms. The number of nitrogens with one attached hydrogen (secondary N) is 1. The van der Waals surface area contributed by atoms with Crippen molar-refractivity contribution in [3.8, 4) is 0 Å². The zero-order valence-electron chi connectivity index (χ0n) is 14.4. The van der Waals surface area contributed by atoms with Gasteiger partial charge in [-0.25, -0.2) is 4.98 Å². The van der Waals surface area contributed by atoms with E-state index in [1.807, 2.05) is 18.2 Å². The van der Waals surface area contributed by atoms with Crippen LogP contribution in [0, 0.1) is 0 Å². The predicted molar refractivity (Wildman–Crippen MR) is 105 cm³/mol. The molecule has 5 nitrogen and oxygen atoms in total. The lowest BCUT2D eigenvalue weighted by Gasteiger charge is -2.19. The van der Waals surface area contributed by atoms with E-state index in [0.29, 0.717) is 25.5 Å². The molecule has 0 aliphatic carbocycles. The fourth-order valence-electron chi connectivity index (χ4n) is 1.90. The van der Waals surface area contributed by atoms with Gasteiger partial charge in [-0.2, -0.15) is 0 Å². The average molecular weight is 393 g/mol. The number of nitrogens with zero attached hydrogens (tertiary/aromatic N) is 1. The van der Waals surface area contributed by atoms with E-state index in [9.17, 15) is 4.57 Å². The normalized spacial score (nSPS) is 13.8. The van der Waals surface area contributed by atoms with Crippen molar-refractivity contribution in [1.82, 2.24) is 10.1 Å². The van der Waals surface area contributed by atoms with Gasteiger partial charge >= 0.3 is 0 Å². The SMILES string of the molecule is CCCCOCCP(=O)(CCO)NCCCSSc1ccccn1. The van der Waals surface area contributed by atoms with Crippen LogP contribution < -0.4 is 5.09 Å². The molecule has 138 valence electrons. The van der Waals surface area contributed by atoms with Gasteiger partial charge in [0.25, 0.3) is 0 Å². The van der Waals surface area contributed by atoms with Crippen molar-refractivity contribution >= 4 is 28.9 Å². The summed E-state index contributed by atoms with van der Waals surface area (Å²) in [6, 6.07) is 5.87. The fourth-order valence-corrected chi connectivity index (χ4v) is 5.72. The van der Waals surface area contributed by atoms with Gasteiger partial charge in [-0.05, 0) is 35.8 Å². The van der Waals surface area contributed by atoms with Crippen molar-refractivity contribution in [2.75, 3.05) is 44.4 Å². The standard InChI is InChI=1S/C16H29N2O3PS2/c1-2-3-11-21-12-14-22(20,13-10-19)18-9-6-15-23-24-16-7-4-5-8-17-16/h4-5,7-8,19H,2-3,6,9-15H2,1H3,(H,18,20). The van der Waals surface area contributed by atoms with Crippen LogP contribution in [0.15, 0.2) is 29.4 Å². The third kappa shape index (κ3) is 10.7. The Labute approximate surface area is 153 Å². The first-order chi connectivity index (χ1) is 11.7. The number of aliphatic hydroxyl groups is 1. The second kappa shape index (κ2) is 14.2. The highest BCUT2D eigenvalue weighted by molar-refractivity contribution is 8.76. The molecule has 0 bridgehead atoms. The molecule has 2 N–H and O–H groups in total. The molecule has 0 fully saturated rings. The van der Waals surface area contributed by atoms with Crippen molar-refractivity contribution in [1.29, 1.82) is 0 Å². The van der Waals surface area contributed by atoms with E-state index in [2.05, 4.69) is 17.0 Å². The molecule has 0 saturated carbocycles. The predicted octanol–water partition coefficient (Wildman–Crippen LogP) is 3.89. The van der Waals surface area contributed by atoms with Crippen LogP contribution in [-0.2, 0) is 9.30 Å². The first-order valence-electron chi connectivity index (χ1n) is 8.42. The van der Waals surface area contributed by atoms with Crippen LogP contribution in [-0.4, -0.2) is 54.5 Å². The van der Waals surface area contributed by atoms with E-state index in [-0.39, 0.29) is 6.61 Å². The summed E-state index contributed by atoms with van der Waals surface area (Å²) in [5, 5.41) is 13.3. The van der Waals surface area contributed by atoms with Crippen molar-refractivity contribution in [2.45, 2.75) is 31.2 Å². The van der Waals surface area contributed by atoms with Gasteiger partial charge in [0.2, 0.25) is 0 Å². The quantitative estimate of drug-likeness (QED) is 0.266. The highest BCUT2D eigenvalue weighted by Crippen LogP contribution is 2.40. The highest BCUT2D eigenvalue weighted by atomic mass is 33.1. The van der Waals surface area contributed by atoms with Crippen molar-refractivity contribution in [3.63, 3.8) is 0 Å². The molecule has 1 rings (SSSR count). The molecule has 0 aliphatic heterocycles. The number of hydrogen-bond donors (Lipinski definition) is 2. The van der Waals surface area contributed by atoms with E-state index in [1.165, 1.54) is 0 Å². The number of unbranched alkanes of at least 4 members (excludes halogenated alkanes) is 1. The molecule has 1 unspecified atom stereocenters. The summed E-state index contributed by atoms with van der Waals surface area (Å²) < 4.78 is 18.2. The molecule has 1 heterocycles. The Morgan fingerprint density at radius 2 is 2.17 bits per heavy atom. The summed E-state index contributed by atoms with van der Waals surface area (Å²) in [5.41, 5.74) is 0. The van der Waals surface area contributed by atoms with E-state index in [4.69, 9.17) is 9.84 Å². The van der Waals surface area contributed by atoms with E-state index < -0.39 is 7.29 Å². The summed E-state index contributed by atoms with van der Waals surface area (Å²) in [4.78, 5) is 4.26. The average Bonchev–Trinajstić information content (AvgIpc) is 2.59. The summed E-state index contributed by atoms with van der Waals surface area (Å²) in [5.74, 6) is 0.959. The number of aliphatic hydroxyl groups excluding tert-OH is 1. The largest absolute Gasteiger partial charge is 0.396 e. The van der Waals surface area contributed by atoms with Crippen molar-refractivity contribution < 1.29 is 14.4 Å². The zero-order valence-corrected chi connectivity index (χ0v) is 16.9. The molecular weight excluding hydrogens is 363 g/mol. The molecule has 0 radical (unpaired) electrons. The van der Waals surface area contributed by atoms with Gasteiger partial charge in [0, 0.05) is 37.4 Å². The Morgan fingerprint density at radius 1 is 1.29 bits per heavy atom. The zero-order chi connectivity index (χ0) is 17.5. The molecule has 1 aromatic rings. The third-order valence-corrected chi connectivity index (χ3v) is 8.27. The van der Waals surface area contributed by atoms with Gasteiger partial charge in [0.15, 0.2) is 7.29 Å². The number of hydrogen-bond acceptors (Lipinski definition) is 6. The first kappa shape index (κ1) is 22.0. The van der Waals surface area contributed by atoms with Crippen LogP contribution in [0.3, 0.4) is 0 Å². The smallest absolute Gasteiger partial charge is 0.152 e. The lowest BCUT2D eigenvalue weighted by molar-refractivity contribution is 0.145. The fraction of sp³-hybridized carbons (Fsp3) is 0.688. The lowest BCUT2D eigenvalue weighted by atomic mass is 10.4. The van der Waals surface area contributed by atoms with Crippen LogP contribution in [0.25, 0.3) is 0 Å². The minimum Gasteiger partial charge on any atom is -0.396 e. The monoisotopic (exact) mass is 392 g/mol. The Hall–Kier alpha value is -0.0400. The molecule has 1 atom stereocenters. The molecule has 1 aromatic heterocycles. The van der Waals surface area contributed by atoms with E-state index in [0.717, 1.165) is 36.6 Å². The van der Waals surface area contributed by atoms with Crippen LogP contribution in [0.1, 0.15) is 26.2 Å². The molecular formula is C16H29N2O3PS2. The van der Waals surface area contributed by atoms with Crippen LogP contribution >= 0.6 is 28.9 Å². The number of ether oxygens (including phenoxy) is 1. The molecule has 0 amide bonds. The van der Waals surface area contributed by atoms with Crippen molar-refractivity contribution in [3.05, 3.63) is 24.4 Å². The Balaban J connectivity index is 2.14. The van der Waals surface area contributed by atoms with Crippen LogP contribution in [0.4, 0.5) is 0 Å². The molecule has 8 heteroatoms. The molecule has 0 aliphatic rings. The second-order valence-corrected chi connectivity index (χ2v) is 10.8. The van der Waals surface area contributed by atoms with E-state index in [1.54, 1.807) is 27.8 Å². The second-order valence-electron chi connectivity index (χ2n) is 5.36. The van der Waals surface area contributed by atoms with Gasteiger partial charge < -0.3 is 14.4 Å². The van der Waals surface area contributed by atoms with Crippen LogP contribution in [0.5, 0.6) is 0 Å². The maximum atomic E-state index is 12.7. The minimum atomic E-state index is -2.53. The molecule has 0 saturated heterocycles. The Morgan fingerprint density at radius 3 is 2.88 bits per heavy atom. The van der Waals surface area contributed by atoms with Gasteiger partial charge in [0.1, 0.15) is 5.03 Å². The minimum absolute atomic E-state index is 0.0521. The summed E-state index contributed by atoms with van der Waals surface area (Å²) in [6.45, 7) is 3.98. The first-order valence-corrected chi connectivity index (χ1v) is 12.8. The topological polar surface area (TPSA) is 71.5 Å². The number of pyridine rings is 1. The van der Waals surface area contributed by atoms with Gasteiger partial charge in [-0.3, -0.25) is 5.09 Å². The van der Waals surface area contributed by atoms with Gasteiger partial charge in [0.05, 0.1) is 13.2 Å². The third-order valence-electron chi connectivity index (χ3n) is 3.29. The Kier molecular flexibility index (Phi) is 13.0. The van der Waals surface area contributed by atoms with E-state index >= 15 is 0 Å². The van der Waals surface area contributed by atoms with Crippen LogP contribution in [0.2, 0.25) is 0 Å². The van der Waals surface area contributed by atoms with Gasteiger partial charge in [-0.15, -0.1) is 0 Å². The number of rotatable bonds is 15. The van der Waals surface area contributed by atoms with Crippen molar-refractivity contribution in [2.24, 2.45) is 0 Å². The maximum Gasteiger partial charge on any atom is 0.152 e. The Bertz CT molecular complexity index is 466. The summed E-state index contributed by atoms with van der Waals surface area (Å²) in [6.07, 6.45) is 5.66. The summed E-state index contributed by atoms with van der Waals surface area (Å²) in [7, 11) is 0.878. The number of aromatic nitrogens is 1. The maximum absolute atomic E-state index is 12.7. The molecule has 0 aromatic carbocycles. The summed E-state index contributed by atoms with van der Waals surface area (Å²) >= 11 is 0. The lowest BCUT2D eigenvalue weighted by Crippen LogP contribution is -2.20. The molecule has 0 spiro atoms. The highest BCUT2D eigenvalue weighted by Gasteiger charge is 2.20. The van der Waals surface area contributed by atoms with Gasteiger partial charge in [-0.1, -0.05) is 30.2 Å².